The molecule has 3 N–H and O–H groups in total. The Morgan fingerprint density at radius 2 is 2.17 bits per heavy atom. The third-order valence-corrected chi connectivity index (χ3v) is 3.49. The number of hydrogen-bond acceptors (Lipinski definition) is 5. The summed E-state index contributed by atoms with van der Waals surface area (Å²) >= 11 is 0. The van der Waals surface area contributed by atoms with Gasteiger partial charge in [-0.05, 0) is 18.2 Å². The van der Waals surface area contributed by atoms with Crippen LogP contribution >= 0.6 is 0 Å². The first kappa shape index (κ1) is 17.2. The van der Waals surface area contributed by atoms with Crippen LogP contribution < -0.4 is 20.7 Å². The molecule has 0 radical (unpaired) electrons. The number of rotatable bonds is 7. The lowest BCUT2D eigenvalue weighted by atomic mass is 10.2. The number of carbonyl (C=O) groups is 2. The van der Waals surface area contributed by atoms with E-state index in [4.69, 9.17) is 9.47 Å². The van der Waals surface area contributed by atoms with Crippen LogP contribution in [0.2, 0.25) is 0 Å². The van der Waals surface area contributed by atoms with Crippen LogP contribution in [0, 0.1) is 0 Å². The maximum absolute atomic E-state index is 12.0. The molecule has 1 aromatic carbocycles. The highest BCUT2D eigenvalue weighted by Gasteiger charge is 2.16. The third kappa shape index (κ3) is 5.88. The first-order valence-corrected chi connectivity index (χ1v) is 7.69. The van der Waals surface area contributed by atoms with E-state index in [9.17, 15) is 9.59 Å². The lowest BCUT2D eigenvalue weighted by molar-refractivity contribution is -0.122. The van der Waals surface area contributed by atoms with Gasteiger partial charge < -0.3 is 25.4 Å². The van der Waals surface area contributed by atoms with Crippen LogP contribution in [-0.2, 0) is 9.53 Å². The van der Waals surface area contributed by atoms with Crippen molar-refractivity contribution in [1.29, 1.82) is 0 Å². The predicted molar refractivity (Wildman–Crippen MR) is 85.6 cm³/mol. The average molecular weight is 321 g/mol. The standard InChI is InChI=1S/C16H23N3O4/c1-22-14-4-2-3-12(9-14)16(21)19-6-5-18-15(20)10-13-11-23-8-7-17-13/h2-4,9,13,17H,5-8,10-11H2,1H3,(H,18,20)(H,19,21). The molecule has 7 nitrogen and oxygen atoms in total. The summed E-state index contributed by atoms with van der Waals surface area (Å²) in [6, 6.07) is 6.98. The fourth-order valence-corrected chi connectivity index (χ4v) is 2.29. The SMILES string of the molecule is COc1cccc(C(=O)NCCNC(=O)CC2COCCN2)c1. The number of benzene rings is 1. The van der Waals surface area contributed by atoms with Gasteiger partial charge in [-0.1, -0.05) is 6.07 Å². The van der Waals surface area contributed by atoms with E-state index in [0.29, 0.717) is 44.0 Å². The van der Waals surface area contributed by atoms with E-state index in [1.54, 1.807) is 31.4 Å². The van der Waals surface area contributed by atoms with Gasteiger partial charge in [0.1, 0.15) is 5.75 Å². The maximum atomic E-state index is 12.0. The van der Waals surface area contributed by atoms with Crippen molar-refractivity contribution >= 4 is 11.8 Å². The zero-order valence-corrected chi connectivity index (χ0v) is 13.3. The van der Waals surface area contributed by atoms with E-state index >= 15 is 0 Å². The predicted octanol–water partition coefficient (Wildman–Crippen LogP) is -0.0803. The van der Waals surface area contributed by atoms with Gasteiger partial charge in [-0.15, -0.1) is 0 Å². The molecule has 1 aliphatic rings. The van der Waals surface area contributed by atoms with Crippen molar-refractivity contribution in [2.24, 2.45) is 0 Å². The highest BCUT2D eigenvalue weighted by atomic mass is 16.5. The van der Waals surface area contributed by atoms with Gasteiger partial charge in [0.25, 0.3) is 5.91 Å². The molecule has 0 spiro atoms. The molecule has 0 saturated carbocycles. The topological polar surface area (TPSA) is 88.7 Å². The molecule has 1 atom stereocenters. The smallest absolute Gasteiger partial charge is 0.251 e. The minimum Gasteiger partial charge on any atom is -0.497 e. The Kier molecular flexibility index (Phi) is 6.83. The Morgan fingerprint density at radius 3 is 2.91 bits per heavy atom. The molecule has 23 heavy (non-hydrogen) atoms. The Labute approximate surface area is 135 Å². The van der Waals surface area contributed by atoms with Crippen LogP contribution in [0.15, 0.2) is 24.3 Å². The minimum atomic E-state index is -0.194. The Bertz CT molecular complexity index is 530. The van der Waals surface area contributed by atoms with Crippen molar-refractivity contribution in [1.82, 2.24) is 16.0 Å². The van der Waals surface area contributed by atoms with Gasteiger partial charge in [-0.2, -0.15) is 0 Å². The molecule has 0 aliphatic carbocycles. The number of morpholine rings is 1. The molecule has 1 heterocycles. The van der Waals surface area contributed by atoms with E-state index in [2.05, 4.69) is 16.0 Å². The van der Waals surface area contributed by atoms with E-state index in [0.717, 1.165) is 6.54 Å². The van der Waals surface area contributed by atoms with E-state index < -0.39 is 0 Å². The highest BCUT2D eigenvalue weighted by Crippen LogP contribution is 2.12. The molecule has 2 amide bonds. The normalized spacial score (nSPS) is 17.3. The van der Waals surface area contributed by atoms with Gasteiger partial charge >= 0.3 is 0 Å². The van der Waals surface area contributed by atoms with Crippen LogP contribution in [0.25, 0.3) is 0 Å². The summed E-state index contributed by atoms with van der Waals surface area (Å²) in [4.78, 5) is 23.7. The van der Waals surface area contributed by atoms with Crippen LogP contribution in [0.3, 0.4) is 0 Å². The summed E-state index contributed by atoms with van der Waals surface area (Å²) in [5.41, 5.74) is 0.527. The largest absolute Gasteiger partial charge is 0.497 e. The monoisotopic (exact) mass is 321 g/mol. The first-order valence-electron chi connectivity index (χ1n) is 7.69. The van der Waals surface area contributed by atoms with Gasteiger partial charge in [0.05, 0.1) is 20.3 Å². The highest BCUT2D eigenvalue weighted by molar-refractivity contribution is 5.94. The number of methoxy groups -OCH3 is 1. The molecule has 1 aliphatic heterocycles. The van der Waals surface area contributed by atoms with Crippen molar-refractivity contribution in [3.05, 3.63) is 29.8 Å². The van der Waals surface area contributed by atoms with Gasteiger partial charge in [-0.25, -0.2) is 0 Å². The van der Waals surface area contributed by atoms with E-state index in [1.165, 1.54) is 0 Å². The van der Waals surface area contributed by atoms with Crippen molar-refractivity contribution in [2.75, 3.05) is 40.0 Å². The number of ether oxygens (including phenoxy) is 2. The van der Waals surface area contributed by atoms with Gasteiger partial charge in [0, 0.05) is 37.7 Å². The Hall–Kier alpha value is -2.12. The molecule has 1 unspecified atom stereocenters. The third-order valence-electron chi connectivity index (χ3n) is 3.49. The second-order valence-electron chi connectivity index (χ2n) is 5.27. The summed E-state index contributed by atoms with van der Waals surface area (Å²) < 4.78 is 10.4. The van der Waals surface area contributed by atoms with Crippen molar-refractivity contribution in [2.45, 2.75) is 12.5 Å². The summed E-state index contributed by atoms with van der Waals surface area (Å²) in [5.74, 6) is 0.386. The lowest BCUT2D eigenvalue weighted by Gasteiger charge is -2.23. The molecule has 1 aromatic rings. The fraction of sp³-hybridized carbons (Fsp3) is 0.500. The molecule has 7 heteroatoms. The molecule has 2 rings (SSSR count). The summed E-state index contributed by atoms with van der Waals surface area (Å²) in [6.45, 7) is 2.78. The molecular weight excluding hydrogens is 298 g/mol. The summed E-state index contributed by atoms with van der Waals surface area (Å²) in [5, 5.41) is 8.77. The molecule has 0 aromatic heterocycles. The van der Waals surface area contributed by atoms with E-state index in [1.807, 2.05) is 0 Å². The van der Waals surface area contributed by atoms with Gasteiger partial charge in [0.2, 0.25) is 5.91 Å². The van der Waals surface area contributed by atoms with Gasteiger partial charge in [0.15, 0.2) is 0 Å². The van der Waals surface area contributed by atoms with Crippen LogP contribution in [0.4, 0.5) is 0 Å². The zero-order chi connectivity index (χ0) is 16.5. The molecule has 0 bridgehead atoms. The maximum Gasteiger partial charge on any atom is 0.251 e. The first-order chi connectivity index (χ1) is 11.2. The fourth-order valence-electron chi connectivity index (χ4n) is 2.29. The Balaban J connectivity index is 1.64. The summed E-state index contributed by atoms with van der Waals surface area (Å²) in [6.07, 6.45) is 0.379. The number of carbonyl (C=O) groups excluding carboxylic acids is 2. The van der Waals surface area contributed by atoms with Crippen LogP contribution in [0.5, 0.6) is 5.75 Å². The molecule has 126 valence electrons. The number of amides is 2. The van der Waals surface area contributed by atoms with Crippen LogP contribution in [-0.4, -0.2) is 57.8 Å². The summed E-state index contributed by atoms with van der Waals surface area (Å²) in [7, 11) is 1.55. The second kappa shape index (κ2) is 9.12. The number of nitrogens with one attached hydrogen (secondary N) is 3. The quantitative estimate of drug-likeness (QED) is 0.611. The van der Waals surface area contributed by atoms with Crippen molar-refractivity contribution < 1.29 is 19.1 Å². The average Bonchev–Trinajstić information content (AvgIpc) is 2.59. The Morgan fingerprint density at radius 1 is 1.35 bits per heavy atom. The molecule has 1 saturated heterocycles. The van der Waals surface area contributed by atoms with Crippen molar-refractivity contribution in [3.8, 4) is 5.75 Å². The van der Waals surface area contributed by atoms with E-state index in [-0.39, 0.29) is 17.9 Å². The van der Waals surface area contributed by atoms with Crippen LogP contribution in [0.1, 0.15) is 16.8 Å². The minimum absolute atomic E-state index is 0.0522. The molecule has 1 fully saturated rings. The van der Waals surface area contributed by atoms with Gasteiger partial charge in [-0.3, -0.25) is 9.59 Å². The molecular formula is C16H23N3O4. The lowest BCUT2D eigenvalue weighted by Crippen LogP contribution is -2.45. The van der Waals surface area contributed by atoms with Crippen molar-refractivity contribution in [3.63, 3.8) is 0 Å². The second-order valence-corrected chi connectivity index (χ2v) is 5.27. The number of hydrogen-bond donors (Lipinski definition) is 3. The zero-order valence-electron chi connectivity index (χ0n) is 13.3.